The maximum Gasteiger partial charge on any atom is 0.153 e. The van der Waals surface area contributed by atoms with Crippen LogP contribution in [0.2, 0.25) is 0 Å². The normalized spacial score (nSPS) is 16.0. The molecule has 1 aliphatic rings. The highest BCUT2D eigenvalue weighted by Gasteiger charge is 2.19. The topological polar surface area (TPSA) is 45.7 Å². The van der Waals surface area contributed by atoms with Crippen LogP contribution in [-0.2, 0) is 0 Å². The lowest BCUT2D eigenvalue weighted by atomic mass is 10.1. The number of aromatic nitrogens is 1. The number of fused-ring (bicyclic) bond motifs is 1. The van der Waals surface area contributed by atoms with Crippen molar-refractivity contribution in [1.29, 1.82) is 0 Å². The summed E-state index contributed by atoms with van der Waals surface area (Å²) in [6.45, 7) is 6.27. The van der Waals surface area contributed by atoms with Crippen molar-refractivity contribution in [3.8, 4) is 5.75 Å². The predicted octanol–water partition coefficient (Wildman–Crippen LogP) is 2.20. The summed E-state index contributed by atoms with van der Waals surface area (Å²) in [5.74, 6) is 1.54. The number of nitrogens with zero attached hydrogens (tertiary/aromatic N) is 3. The molecule has 0 N–H and O–H groups in total. The van der Waals surface area contributed by atoms with Gasteiger partial charge in [-0.1, -0.05) is 12.1 Å². The van der Waals surface area contributed by atoms with Gasteiger partial charge in [0, 0.05) is 31.6 Å². The number of ether oxygens (including phenoxy) is 1. The molecule has 0 aliphatic carbocycles. The third kappa shape index (κ3) is 2.76. The van der Waals surface area contributed by atoms with E-state index in [4.69, 9.17) is 9.72 Å². The van der Waals surface area contributed by atoms with E-state index in [1.165, 1.54) is 0 Å². The molecule has 5 heteroatoms. The summed E-state index contributed by atoms with van der Waals surface area (Å²) in [5.41, 5.74) is 1.47. The molecule has 0 atom stereocenters. The van der Waals surface area contributed by atoms with Crippen LogP contribution in [0.15, 0.2) is 24.3 Å². The Morgan fingerprint density at radius 3 is 2.73 bits per heavy atom. The molecule has 1 aliphatic heterocycles. The number of likely N-dealkylation sites (N-methyl/N-ethyl adjacent to an activating group) is 1. The molecule has 0 bridgehead atoms. The van der Waals surface area contributed by atoms with Gasteiger partial charge in [0.15, 0.2) is 6.29 Å². The summed E-state index contributed by atoms with van der Waals surface area (Å²) < 4.78 is 5.67. The van der Waals surface area contributed by atoms with Crippen molar-refractivity contribution < 1.29 is 9.53 Å². The number of rotatable bonds is 4. The highest BCUT2D eigenvalue weighted by molar-refractivity contribution is 5.94. The van der Waals surface area contributed by atoms with E-state index in [1.807, 2.05) is 31.2 Å². The molecule has 0 radical (unpaired) electrons. The number of piperazine rings is 1. The van der Waals surface area contributed by atoms with Gasteiger partial charge in [0.05, 0.1) is 12.2 Å². The summed E-state index contributed by atoms with van der Waals surface area (Å²) in [6, 6.07) is 7.73. The van der Waals surface area contributed by atoms with Crippen molar-refractivity contribution in [3.05, 3.63) is 29.8 Å². The van der Waals surface area contributed by atoms with Crippen molar-refractivity contribution >= 4 is 23.0 Å². The molecular formula is C17H21N3O2. The largest absolute Gasteiger partial charge is 0.492 e. The molecule has 2 aromatic rings. The molecular weight excluding hydrogens is 278 g/mol. The molecule has 3 rings (SSSR count). The second-order valence-electron chi connectivity index (χ2n) is 5.57. The Labute approximate surface area is 130 Å². The zero-order chi connectivity index (χ0) is 15.5. The summed E-state index contributed by atoms with van der Waals surface area (Å²) in [4.78, 5) is 20.7. The third-order valence-corrected chi connectivity index (χ3v) is 4.05. The lowest BCUT2D eigenvalue weighted by Gasteiger charge is -2.34. The average molecular weight is 299 g/mol. The van der Waals surface area contributed by atoms with Crippen LogP contribution in [0.25, 0.3) is 10.9 Å². The van der Waals surface area contributed by atoms with Gasteiger partial charge < -0.3 is 14.5 Å². The number of benzene rings is 1. The standard InChI is InChI=1S/C17H21N3O2/c1-3-22-15-6-4-5-13-11-14(12-21)17(18-16(13)15)20-9-7-19(2)8-10-20/h4-6,11-12H,3,7-10H2,1-2H3. The van der Waals surface area contributed by atoms with E-state index in [2.05, 4.69) is 16.8 Å². The SMILES string of the molecule is CCOc1cccc2cc(C=O)c(N3CCN(C)CC3)nc12. The van der Waals surface area contributed by atoms with Gasteiger partial charge >= 0.3 is 0 Å². The zero-order valence-corrected chi connectivity index (χ0v) is 13.1. The molecule has 1 aromatic heterocycles. The van der Waals surface area contributed by atoms with Gasteiger partial charge in [0.1, 0.15) is 17.1 Å². The Kier molecular flexibility index (Phi) is 4.24. The molecule has 1 fully saturated rings. The first-order valence-electron chi connectivity index (χ1n) is 7.68. The maximum atomic E-state index is 11.5. The van der Waals surface area contributed by atoms with E-state index in [1.54, 1.807) is 0 Å². The summed E-state index contributed by atoms with van der Waals surface area (Å²) in [5, 5.41) is 0.936. The number of hydrogen-bond donors (Lipinski definition) is 0. The summed E-state index contributed by atoms with van der Waals surface area (Å²) >= 11 is 0. The molecule has 0 saturated carbocycles. The molecule has 22 heavy (non-hydrogen) atoms. The number of anilines is 1. The second kappa shape index (κ2) is 6.32. The first-order valence-corrected chi connectivity index (χ1v) is 7.68. The minimum atomic E-state index is 0.597. The van der Waals surface area contributed by atoms with Crippen LogP contribution in [0.4, 0.5) is 5.82 Å². The molecule has 0 amide bonds. The van der Waals surface area contributed by atoms with Gasteiger partial charge in [-0.15, -0.1) is 0 Å². The Bertz CT molecular complexity index is 679. The van der Waals surface area contributed by atoms with Gasteiger partial charge in [0.2, 0.25) is 0 Å². The molecule has 116 valence electrons. The Balaban J connectivity index is 2.07. The van der Waals surface area contributed by atoms with Gasteiger partial charge in [0.25, 0.3) is 0 Å². The van der Waals surface area contributed by atoms with Crippen LogP contribution < -0.4 is 9.64 Å². The highest BCUT2D eigenvalue weighted by atomic mass is 16.5. The van der Waals surface area contributed by atoms with E-state index in [0.29, 0.717) is 12.2 Å². The van der Waals surface area contributed by atoms with Crippen molar-refractivity contribution in [2.24, 2.45) is 0 Å². The minimum Gasteiger partial charge on any atom is -0.492 e. The highest BCUT2D eigenvalue weighted by Crippen LogP contribution is 2.29. The first-order chi connectivity index (χ1) is 10.7. The number of pyridine rings is 1. The van der Waals surface area contributed by atoms with Crippen molar-refractivity contribution in [2.75, 3.05) is 44.7 Å². The van der Waals surface area contributed by atoms with Crippen molar-refractivity contribution in [1.82, 2.24) is 9.88 Å². The molecule has 5 nitrogen and oxygen atoms in total. The Hall–Kier alpha value is -2.14. The minimum absolute atomic E-state index is 0.597. The Morgan fingerprint density at radius 2 is 2.05 bits per heavy atom. The quantitative estimate of drug-likeness (QED) is 0.810. The monoisotopic (exact) mass is 299 g/mol. The molecule has 0 spiro atoms. The molecule has 0 unspecified atom stereocenters. The fraction of sp³-hybridized carbons (Fsp3) is 0.412. The molecule has 2 heterocycles. The number of carbonyl (C=O) groups excluding carboxylic acids is 1. The van der Waals surface area contributed by atoms with Crippen LogP contribution in [0.3, 0.4) is 0 Å². The predicted molar refractivity (Wildman–Crippen MR) is 88.0 cm³/mol. The van der Waals surface area contributed by atoms with E-state index < -0.39 is 0 Å². The lowest BCUT2D eigenvalue weighted by molar-refractivity contribution is 0.112. The smallest absolute Gasteiger partial charge is 0.153 e. The van der Waals surface area contributed by atoms with Crippen LogP contribution in [0, 0.1) is 0 Å². The van der Waals surface area contributed by atoms with E-state index in [0.717, 1.165) is 54.9 Å². The number of carbonyl (C=O) groups is 1. The lowest BCUT2D eigenvalue weighted by Crippen LogP contribution is -2.45. The van der Waals surface area contributed by atoms with E-state index >= 15 is 0 Å². The zero-order valence-electron chi connectivity index (χ0n) is 13.1. The van der Waals surface area contributed by atoms with Crippen LogP contribution in [0.5, 0.6) is 5.75 Å². The maximum absolute atomic E-state index is 11.5. The van der Waals surface area contributed by atoms with E-state index in [-0.39, 0.29) is 0 Å². The fourth-order valence-corrected chi connectivity index (χ4v) is 2.81. The van der Waals surface area contributed by atoms with Crippen LogP contribution in [0.1, 0.15) is 17.3 Å². The van der Waals surface area contributed by atoms with Gasteiger partial charge in [-0.3, -0.25) is 4.79 Å². The van der Waals surface area contributed by atoms with Gasteiger partial charge in [-0.05, 0) is 26.1 Å². The average Bonchev–Trinajstić information content (AvgIpc) is 2.55. The summed E-state index contributed by atoms with van der Waals surface area (Å²) in [7, 11) is 2.11. The van der Waals surface area contributed by atoms with Crippen LogP contribution >= 0.6 is 0 Å². The molecule has 1 aromatic carbocycles. The summed E-state index contributed by atoms with van der Waals surface area (Å²) in [6.07, 6.45) is 0.896. The van der Waals surface area contributed by atoms with E-state index in [9.17, 15) is 4.79 Å². The van der Waals surface area contributed by atoms with Gasteiger partial charge in [-0.25, -0.2) is 4.98 Å². The first kappa shape index (κ1) is 14.8. The Morgan fingerprint density at radius 1 is 1.27 bits per heavy atom. The third-order valence-electron chi connectivity index (χ3n) is 4.05. The second-order valence-corrected chi connectivity index (χ2v) is 5.57. The van der Waals surface area contributed by atoms with Gasteiger partial charge in [-0.2, -0.15) is 0 Å². The van der Waals surface area contributed by atoms with Crippen LogP contribution in [-0.4, -0.2) is 56.0 Å². The number of hydrogen-bond acceptors (Lipinski definition) is 5. The van der Waals surface area contributed by atoms with Crippen molar-refractivity contribution in [3.63, 3.8) is 0 Å². The van der Waals surface area contributed by atoms with Crippen molar-refractivity contribution in [2.45, 2.75) is 6.92 Å². The number of aldehydes is 1. The number of para-hydroxylation sites is 1. The molecule has 1 saturated heterocycles. The fourth-order valence-electron chi connectivity index (χ4n) is 2.81.